The quantitative estimate of drug-likeness (QED) is 0.468. The van der Waals surface area contributed by atoms with Crippen molar-refractivity contribution in [2.75, 3.05) is 25.6 Å². The number of carbonyl (C=O) groups is 2. The molecule has 1 heterocycles. The van der Waals surface area contributed by atoms with Gasteiger partial charge in [-0.05, 0) is 44.0 Å². The van der Waals surface area contributed by atoms with E-state index in [2.05, 4.69) is 15.7 Å². The summed E-state index contributed by atoms with van der Waals surface area (Å²) in [6.45, 7) is 2.67. The molecule has 28 heavy (non-hydrogen) atoms. The summed E-state index contributed by atoms with van der Waals surface area (Å²) in [6.07, 6.45) is 2.59. The highest BCUT2D eigenvalue weighted by Crippen LogP contribution is 2.13. The molecule has 2 amide bonds. The van der Waals surface area contributed by atoms with Crippen LogP contribution < -0.4 is 21.1 Å². The molecule has 0 aliphatic carbocycles. The smallest absolute Gasteiger partial charge is 0.444 e. The van der Waals surface area contributed by atoms with Crippen molar-refractivity contribution in [1.82, 2.24) is 15.1 Å². The molecule has 2 rings (SSSR count). The number of anilines is 1. The van der Waals surface area contributed by atoms with Crippen molar-refractivity contribution in [2.45, 2.75) is 32.6 Å². The van der Waals surface area contributed by atoms with Gasteiger partial charge in [0.15, 0.2) is 0 Å². The molecule has 0 saturated heterocycles. The first-order valence-corrected chi connectivity index (χ1v) is 8.98. The second-order valence-corrected chi connectivity index (χ2v) is 5.79. The molecular weight excluding hydrogens is 368 g/mol. The number of hydrogen-bond donors (Lipinski definition) is 2. The summed E-state index contributed by atoms with van der Waals surface area (Å²) in [5, 5.41) is 9.30. The lowest BCUT2D eigenvalue weighted by molar-refractivity contribution is -0.143. The molecule has 0 spiro atoms. The van der Waals surface area contributed by atoms with Crippen LogP contribution in [-0.4, -0.2) is 42.0 Å². The van der Waals surface area contributed by atoms with Crippen LogP contribution >= 0.6 is 0 Å². The molecule has 0 saturated carbocycles. The summed E-state index contributed by atoms with van der Waals surface area (Å²) in [6, 6.07) is 6.19. The average Bonchev–Trinajstić information content (AvgIpc) is 3.06. The second kappa shape index (κ2) is 10.8. The average molecular weight is 392 g/mol. The van der Waals surface area contributed by atoms with E-state index in [0.29, 0.717) is 30.9 Å². The lowest BCUT2D eigenvalue weighted by Crippen LogP contribution is -2.29. The Labute approximate surface area is 161 Å². The molecule has 1 aromatic carbocycles. The zero-order valence-electron chi connectivity index (χ0n) is 15.9. The van der Waals surface area contributed by atoms with Crippen molar-refractivity contribution in [1.29, 1.82) is 0 Å². The maximum atomic E-state index is 11.9. The normalized spacial score (nSPS) is 10.4. The molecule has 2 aromatic rings. The third-order valence-electron chi connectivity index (χ3n) is 3.72. The van der Waals surface area contributed by atoms with Crippen LogP contribution in [0.25, 0.3) is 5.69 Å². The standard InChI is InChI=1S/C18H24N4O6/c1-3-27-15(23)7-5-4-6-12-19-16(24)20-13-8-10-14(11-9-13)22-18(25)28-17(21-22)26-2/h8-11H,3-7,12H2,1-2H3,(H2,19,20,24). The van der Waals surface area contributed by atoms with Crippen molar-refractivity contribution >= 4 is 17.7 Å². The fourth-order valence-corrected chi connectivity index (χ4v) is 2.37. The topological polar surface area (TPSA) is 125 Å². The molecule has 10 nitrogen and oxygen atoms in total. The number of nitrogens with zero attached hydrogens (tertiary/aromatic N) is 2. The number of urea groups is 1. The van der Waals surface area contributed by atoms with Crippen LogP contribution in [0.15, 0.2) is 33.5 Å². The van der Waals surface area contributed by atoms with Crippen molar-refractivity contribution in [3.63, 3.8) is 0 Å². The first kappa shape index (κ1) is 21.0. The van der Waals surface area contributed by atoms with E-state index in [9.17, 15) is 14.4 Å². The molecule has 152 valence electrons. The molecule has 0 radical (unpaired) electrons. The Morgan fingerprint density at radius 1 is 1.18 bits per heavy atom. The van der Waals surface area contributed by atoms with Crippen LogP contribution in [0.5, 0.6) is 6.08 Å². The largest absolute Gasteiger partial charge is 0.466 e. The minimum absolute atomic E-state index is 0.131. The van der Waals surface area contributed by atoms with Gasteiger partial charge in [-0.15, -0.1) is 0 Å². The van der Waals surface area contributed by atoms with Crippen LogP contribution in [0, 0.1) is 0 Å². The monoisotopic (exact) mass is 392 g/mol. The number of hydrogen-bond acceptors (Lipinski definition) is 7. The Hall–Kier alpha value is -3.30. The van der Waals surface area contributed by atoms with Gasteiger partial charge >= 0.3 is 23.8 Å². The number of ether oxygens (including phenoxy) is 2. The maximum absolute atomic E-state index is 11.9. The van der Waals surface area contributed by atoms with E-state index in [1.165, 1.54) is 7.11 Å². The molecule has 1 aromatic heterocycles. The fourth-order valence-electron chi connectivity index (χ4n) is 2.37. The van der Waals surface area contributed by atoms with E-state index in [4.69, 9.17) is 13.9 Å². The number of rotatable bonds is 10. The number of esters is 1. The van der Waals surface area contributed by atoms with Gasteiger partial charge in [0.2, 0.25) is 0 Å². The van der Waals surface area contributed by atoms with E-state index in [1.807, 2.05) is 0 Å². The molecule has 0 aliphatic heterocycles. The molecule has 0 fully saturated rings. The SMILES string of the molecule is CCOC(=O)CCCCCNC(=O)Nc1ccc(-n2nc(OC)oc2=O)cc1. The minimum atomic E-state index is -0.668. The molecule has 2 N–H and O–H groups in total. The molecule has 0 atom stereocenters. The van der Waals surface area contributed by atoms with Gasteiger partial charge in [-0.2, -0.15) is 4.68 Å². The second-order valence-electron chi connectivity index (χ2n) is 5.79. The molecule has 0 unspecified atom stereocenters. The number of aromatic nitrogens is 2. The van der Waals surface area contributed by atoms with Crippen molar-refractivity contribution < 1.29 is 23.5 Å². The van der Waals surface area contributed by atoms with Gasteiger partial charge in [0.1, 0.15) is 0 Å². The Balaban J connectivity index is 1.72. The zero-order valence-corrected chi connectivity index (χ0v) is 15.9. The van der Waals surface area contributed by atoms with Gasteiger partial charge in [0.05, 0.1) is 19.4 Å². The highest BCUT2D eigenvalue weighted by molar-refractivity contribution is 5.89. The molecule has 10 heteroatoms. The summed E-state index contributed by atoms with van der Waals surface area (Å²) in [5.74, 6) is -0.860. The van der Waals surface area contributed by atoms with E-state index in [1.54, 1.807) is 31.2 Å². The zero-order chi connectivity index (χ0) is 20.4. The summed E-state index contributed by atoms with van der Waals surface area (Å²) in [5.41, 5.74) is 1.04. The van der Waals surface area contributed by atoms with Crippen molar-refractivity contribution in [3.8, 4) is 11.8 Å². The van der Waals surface area contributed by atoms with E-state index >= 15 is 0 Å². The van der Waals surface area contributed by atoms with Gasteiger partial charge < -0.3 is 24.5 Å². The van der Waals surface area contributed by atoms with Gasteiger partial charge in [0.25, 0.3) is 0 Å². The lowest BCUT2D eigenvalue weighted by Gasteiger charge is -2.08. The van der Waals surface area contributed by atoms with E-state index < -0.39 is 5.76 Å². The number of amides is 2. The Morgan fingerprint density at radius 3 is 2.57 bits per heavy atom. The third kappa shape index (κ3) is 6.45. The Bertz CT molecular complexity index is 827. The molecule has 0 aliphatic rings. The van der Waals surface area contributed by atoms with Crippen LogP contribution in [0.2, 0.25) is 0 Å². The van der Waals surface area contributed by atoms with Crippen molar-refractivity contribution in [2.24, 2.45) is 0 Å². The molecular formula is C18H24N4O6. The summed E-state index contributed by atoms with van der Waals surface area (Å²) in [4.78, 5) is 34.8. The Morgan fingerprint density at radius 2 is 1.93 bits per heavy atom. The predicted octanol–water partition coefficient (Wildman–Crippen LogP) is 2.08. The first-order valence-electron chi connectivity index (χ1n) is 8.98. The summed E-state index contributed by atoms with van der Waals surface area (Å²) >= 11 is 0. The van der Waals surface area contributed by atoms with Crippen LogP contribution in [0.1, 0.15) is 32.6 Å². The Kier molecular flexibility index (Phi) is 8.07. The highest BCUT2D eigenvalue weighted by atomic mass is 16.6. The molecule has 0 bridgehead atoms. The van der Waals surface area contributed by atoms with Gasteiger partial charge in [-0.1, -0.05) is 11.5 Å². The van der Waals surface area contributed by atoms with Crippen molar-refractivity contribution in [3.05, 3.63) is 34.8 Å². The maximum Gasteiger partial charge on any atom is 0.444 e. The number of carbonyl (C=O) groups excluding carboxylic acids is 2. The van der Waals surface area contributed by atoms with E-state index in [-0.39, 0.29) is 18.1 Å². The van der Waals surface area contributed by atoms with Gasteiger partial charge in [0, 0.05) is 18.7 Å². The van der Waals surface area contributed by atoms with E-state index in [0.717, 1.165) is 23.9 Å². The van der Waals surface area contributed by atoms with Gasteiger partial charge in [-0.3, -0.25) is 4.79 Å². The third-order valence-corrected chi connectivity index (χ3v) is 3.72. The summed E-state index contributed by atoms with van der Waals surface area (Å²) < 4.78 is 15.5. The fraction of sp³-hybridized carbons (Fsp3) is 0.444. The van der Waals surface area contributed by atoms with Gasteiger partial charge in [-0.25, -0.2) is 9.59 Å². The first-order chi connectivity index (χ1) is 13.5. The number of nitrogens with one attached hydrogen (secondary N) is 2. The number of benzene rings is 1. The predicted molar refractivity (Wildman–Crippen MR) is 101 cm³/mol. The van der Waals surface area contributed by atoms with Crippen LogP contribution in [0.4, 0.5) is 10.5 Å². The number of unbranched alkanes of at least 4 members (excludes halogenated alkanes) is 2. The van der Waals surface area contributed by atoms with Crippen LogP contribution in [-0.2, 0) is 9.53 Å². The summed E-state index contributed by atoms with van der Waals surface area (Å²) in [7, 11) is 1.35. The van der Waals surface area contributed by atoms with Crippen LogP contribution in [0.3, 0.4) is 0 Å². The highest BCUT2D eigenvalue weighted by Gasteiger charge is 2.10. The lowest BCUT2D eigenvalue weighted by atomic mass is 10.2. The minimum Gasteiger partial charge on any atom is -0.466 e. The number of methoxy groups -OCH3 is 1.